The van der Waals surface area contributed by atoms with Crippen LogP contribution in [0.15, 0.2) is 47.2 Å². The highest BCUT2D eigenvalue weighted by molar-refractivity contribution is 6.06. The Kier molecular flexibility index (Phi) is 9.01. The number of rotatable bonds is 9. The molecule has 7 heterocycles. The lowest BCUT2D eigenvalue weighted by Crippen LogP contribution is -3.05. The summed E-state index contributed by atoms with van der Waals surface area (Å²) in [4.78, 5) is 29.0. The summed E-state index contributed by atoms with van der Waals surface area (Å²) in [7, 11) is 3.09. The summed E-state index contributed by atoms with van der Waals surface area (Å²) < 4.78 is 42.0. The minimum atomic E-state index is -2.44. The molecule has 1 fully saturated rings. The van der Waals surface area contributed by atoms with Crippen LogP contribution in [0.4, 0.5) is 0 Å². The zero-order chi connectivity index (χ0) is 38.1. The van der Waals surface area contributed by atoms with E-state index < -0.39 is 73.4 Å². The number of hydrogen-bond acceptors (Lipinski definition) is 16. The predicted molar refractivity (Wildman–Crippen MR) is 181 cm³/mol. The Bertz CT molecular complexity index is 2070. The first-order valence-electron chi connectivity index (χ1n) is 17.3. The third-order valence-electron chi connectivity index (χ3n) is 10.6. The zero-order valence-electron chi connectivity index (χ0n) is 29.1. The van der Waals surface area contributed by atoms with Crippen LogP contribution in [0.1, 0.15) is 47.1 Å². The summed E-state index contributed by atoms with van der Waals surface area (Å²) in [6, 6.07) is 5.35. The molecule has 9 atom stereocenters. The molecule has 7 aliphatic rings. The standard InChI is InChI=1S/C37H38N4O13/c1-48-22-6-5-18-20-15-50-24-10-23-17(19(13-41-12-16-7-9-40-21(16)14-41)27(24)29(20)53-30(18)31(22)49-2)4-3-8-37(47)33(46)28(45)36(51-23)54-34(37)32(35(38)39)52-26(44)11-25(42)43/h5-7,9-10,12,20,28-29,32-36,45-47H,8,11,13-15,38-39H2,1-2H3,(H,42,43)/t20-,28+,29-,32-,33+,34+,36+,37-/m0/s1. The second kappa shape index (κ2) is 13.6. The molecule has 17 heteroatoms. The average molecular weight is 747 g/mol. The number of carboxylic acids is 1. The van der Waals surface area contributed by atoms with Gasteiger partial charge in [-0.25, -0.2) is 0 Å². The molecule has 0 aliphatic carbocycles. The van der Waals surface area contributed by atoms with E-state index in [4.69, 9.17) is 44.6 Å². The number of nitrogens with two attached hydrogens (primary N) is 2. The molecule has 7 aliphatic heterocycles. The number of nitrogens with one attached hydrogen (secondary N) is 1. The van der Waals surface area contributed by atoms with Gasteiger partial charge in [-0.15, -0.1) is 0 Å². The van der Waals surface area contributed by atoms with Gasteiger partial charge in [0.2, 0.25) is 12.0 Å². The highest BCUT2D eigenvalue weighted by Crippen LogP contribution is 2.57. The highest BCUT2D eigenvalue weighted by Gasteiger charge is 2.59. The maximum atomic E-state index is 12.4. The first-order valence-corrected chi connectivity index (χ1v) is 17.3. The number of benzene rings is 2. The number of quaternary nitrogens is 1. The SMILES string of the molecule is COc1ccc2c(c1OC)O[C@@H]1c3c(cc4c(c3C[NH+]3C=C5C=CN=C5C3)C#CC[C@]3(O)[C@H](O)[C@@H](O)[C@H](O4)O[C@@H]3[C@H](OC(=O)CC(=O)[O-])C(N)N)OC[C@@H]21. The summed E-state index contributed by atoms with van der Waals surface area (Å²) >= 11 is 0. The fourth-order valence-electron chi connectivity index (χ4n) is 8.02. The molecular formula is C37H38N4O13. The van der Waals surface area contributed by atoms with E-state index in [0.29, 0.717) is 47.2 Å². The summed E-state index contributed by atoms with van der Waals surface area (Å²) in [5, 5.41) is 45.7. The van der Waals surface area contributed by atoms with Crippen LogP contribution < -0.4 is 45.2 Å². The number of aliphatic imine (C=N–C) groups is 1. The number of aliphatic hydroxyl groups excluding tert-OH is 2. The number of aliphatic carboxylic acids is 1. The van der Waals surface area contributed by atoms with Crippen LogP contribution in [0.2, 0.25) is 0 Å². The molecule has 1 unspecified atom stereocenters. The third kappa shape index (κ3) is 5.83. The number of hydrogen-bond donors (Lipinski definition) is 6. The second-order valence-corrected chi connectivity index (χ2v) is 13.8. The topological polar surface area (TPSA) is 251 Å². The Balaban J connectivity index is 1.24. The van der Waals surface area contributed by atoms with Crippen LogP contribution in [-0.2, 0) is 25.6 Å². The molecule has 9 rings (SSSR count). The number of aliphatic hydroxyl groups is 3. The van der Waals surface area contributed by atoms with Gasteiger partial charge in [0.25, 0.3) is 0 Å². The number of methoxy groups -OCH3 is 2. The Hall–Kier alpha value is -5.19. The van der Waals surface area contributed by atoms with E-state index in [2.05, 4.69) is 23.0 Å². The van der Waals surface area contributed by atoms with Crippen LogP contribution in [0.3, 0.4) is 0 Å². The van der Waals surface area contributed by atoms with Crippen LogP contribution in [0.25, 0.3) is 0 Å². The summed E-state index contributed by atoms with van der Waals surface area (Å²) in [6.07, 6.45) is -6.97. The fourth-order valence-corrected chi connectivity index (χ4v) is 8.02. The lowest BCUT2D eigenvalue weighted by atomic mass is 9.78. The van der Waals surface area contributed by atoms with E-state index in [1.807, 2.05) is 18.2 Å². The Morgan fingerprint density at radius 3 is 2.72 bits per heavy atom. The van der Waals surface area contributed by atoms with Gasteiger partial charge >= 0.3 is 5.97 Å². The minimum absolute atomic E-state index is 0.123. The van der Waals surface area contributed by atoms with E-state index in [0.717, 1.165) is 27.3 Å². The molecule has 8 N–H and O–H groups in total. The lowest BCUT2D eigenvalue weighted by molar-refractivity contribution is -0.848. The van der Waals surface area contributed by atoms with E-state index in [-0.39, 0.29) is 18.3 Å². The van der Waals surface area contributed by atoms with Crippen molar-refractivity contribution in [2.75, 3.05) is 27.4 Å². The van der Waals surface area contributed by atoms with Crippen LogP contribution in [-0.4, -0.2) is 103 Å². The highest BCUT2D eigenvalue weighted by atomic mass is 16.7. The van der Waals surface area contributed by atoms with Crippen molar-refractivity contribution in [3.63, 3.8) is 0 Å². The van der Waals surface area contributed by atoms with Crippen molar-refractivity contribution < 1.29 is 68.1 Å². The van der Waals surface area contributed by atoms with Gasteiger partial charge in [0.1, 0.15) is 66.5 Å². The summed E-state index contributed by atoms with van der Waals surface area (Å²) in [5.74, 6) is 4.87. The van der Waals surface area contributed by atoms with E-state index in [1.165, 1.54) is 0 Å². The molecule has 17 nitrogen and oxygen atoms in total. The first-order chi connectivity index (χ1) is 25.9. The molecule has 54 heavy (non-hydrogen) atoms. The molecular weight excluding hydrogens is 708 g/mol. The maximum Gasteiger partial charge on any atom is 0.311 e. The molecule has 0 radical (unpaired) electrons. The largest absolute Gasteiger partial charge is 0.550 e. The number of carboxylic acid groups (broad SMARTS) is 1. The van der Waals surface area contributed by atoms with E-state index in [9.17, 15) is 30.0 Å². The number of carbonyl (C=O) groups excluding carboxylic acids is 2. The molecule has 2 bridgehead atoms. The number of ether oxygens (including phenoxy) is 7. The van der Waals surface area contributed by atoms with Crippen LogP contribution >= 0.6 is 0 Å². The molecule has 284 valence electrons. The van der Waals surface area contributed by atoms with Crippen LogP contribution in [0.5, 0.6) is 28.7 Å². The number of fused-ring (bicyclic) bond motifs is 9. The van der Waals surface area contributed by atoms with Gasteiger partial charge < -0.3 is 69.8 Å². The van der Waals surface area contributed by atoms with Gasteiger partial charge in [-0.2, -0.15) is 0 Å². The average Bonchev–Trinajstić information content (AvgIpc) is 3.84. The monoisotopic (exact) mass is 746 g/mol. The van der Waals surface area contributed by atoms with Gasteiger partial charge in [0.05, 0.1) is 56.4 Å². The molecule has 0 saturated carbocycles. The number of nitrogens with zero attached hydrogens (tertiary/aromatic N) is 1. The van der Waals surface area contributed by atoms with Crippen molar-refractivity contribution in [2.24, 2.45) is 16.5 Å². The smallest absolute Gasteiger partial charge is 0.311 e. The molecule has 0 amide bonds. The molecule has 2 aromatic rings. The van der Waals surface area contributed by atoms with Crippen molar-refractivity contribution in [1.29, 1.82) is 0 Å². The molecule has 0 spiro atoms. The van der Waals surface area contributed by atoms with E-state index >= 15 is 0 Å². The van der Waals surface area contributed by atoms with Gasteiger partial charge in [-0.05, 0) is 12.1 Å². The van der Waals surface area contributed by atoms with Crippen molar-refractivity contribution >= 4 is 17.7 Å². The van der Waals surface area contributed by atoms with Gasteiger partial charge in [-0.3, -0.25) is 14.7 Å². The van der Waals surface area contributed by atoms with Crippen LogP contribution in [0, 0.1) is 11.8 Å². The lowest BCUT2D eigenvalue weighted by Gasteiger charge is -2.50. The normalized spacial score (nSPS) is 30.0. The minimum Gasteiger partial charge on any atom is -0.550 e. The third-order valence-corrected chi connectivity index (χ3v) is 10.6. The maximum absolute atomic E-state index is 12.4. The van der Waals surface area contributed by atoms with Crippen molar-refractivity contribution in [2.45, 2.75) is 73.9 Å². The Labute approximate surface area is 308 Å². The van der Waals surface area contributed by atoms with Crippen molar-refractivity contribution in [1.82, 2.24) is 0 Å². The Morgan fingerprint density at radius 2 is 2.00 bits per heavy atom. The first kappa shape index (κ1) is 35.8. The van der Waals surface area contributed by atoms with Gasteiger partial charge in [0.15, 0.2) is 17.6 Å². The predicted octanol–water partition coefficient (Wildman–Crippen LogP) is -2.83. The number of carbonyl (C=O) groups is 2. The molecule has 0 aromatic heterocycles. The number of esters is 1. The number of allylic oxidation sites excluding steroid dienone is 1. The van der Waals surface area contributed by atoms with E-state index in [1.54, 1.807) is 26.5 Å². The Morgan fingerprint density at radius 1 is 1.19 bits per heavy atom. The van der Waals surface area contributed by atoms with Crippen molar-refractivity contribution in [3.8, 4) is 40.6 Å². The summed E-state index contributed by atoms with van der Waals surface area (Å²) in [5.41, 5.74) is 14.1. The van der Waals surface area contributed by atoms with Gasteiger partial charge in [-0.1, -0.05) is 17.9 Å². The molecule has 1 saturated heterocycles. The second-order valence-electron chi connectivity index (χ2n) is 13.8. The zero-order valence-corrected chi connectivity index (χ0v) is 29.1. The van der Waals surface area contributed by atoms with Crippen molar-refractivity contribution in [3.05, 3.63) is 64.5 Å². The summed E-state index contributed by atoms with van der Waals surface area (Å²) in [6.45, 7) is 1.19. The fraction of sp³-hybridized carbons (Fsp3) is 0.432. The molecule has 2 aromatic carbocycles. The quantitative estimate of drug-likeness (QED) is 0.0655. The van der Waals surface area contributed by atoms with Gasteiger partial charge in [0, 0.05) is 35.4 Å².